The quantitative estimate of drug-likeness (QED) is 0.914. The lowest BCUT2D eigenvalue weighted by atomic mass is 10.3. The van der Waals surface area contributed by atoms with Crippen LogP contribution < -0.4 is 16.6 Å². The van der Waals surface area contributed by atoms with Crippen LogP contribution in [0.5, 0.6) is 0 Å². The molecule has 0 unspecified atom stereocenters. The Morgan fingerprint density at radius 2 is 2.00 bits per heavy atom. The van der Waals surface area contributed by atoms with Gasteiger partial charge in [-0.15, -0.1) is 0 Å². The van der Waals surface area contributed by atoms with E-state index < -0.39 is 0 Å². The van der Waals surface area contributed by atoms with Crippen molar-refractivity contribution >= 4 is 33.2 Å². The number of nitrogens with one attached hydrogen (secondary N) is 1. The summed E-state index contributed by atoms with van der Waals surface area (Å²) in [6.45, 7) is 0.318. The molecule has 0 atom stereocenters. The second kappa shape index (κ2) is 5.85. The van der Waals surface area contributed by atoms with E-state index in [4.69, 9.17) is 11.6 Å². The van der Waals surface area contributed by atoms with E-state index in [0.717, 1.165) is 14.7 Å². The van der Waals surface area contributed by atoms with E-state index in [-0.39, 0.29) is 11.2 Å². The first-order chi connectivity index (χ1) is 9.40. The Morgan fingerprint density at radius 3 is 2.65 bits per heavy atom. The summed E-state index contributed by atoms with van der Waals surface area (Å²) in [4.78, 5) is 23.5. The molecule has 0 radical (unpaired) electrons. The van der Waals surface area contributed by atoms with E-state index in [2.05, 4.69) is 21.2 Å². The predicted octanol–water partition coefficient (Wildman–Crippen LogP) is 2.11. The predicted molar refractivity (Wildman–Crippen MR) is 83.4 cm³/mol. The van der Waals surface area contributed by atoms with Gasteiger partial charge in [0.25, 0.3) is 5.56 Å². The minimum absolute atomic E-state index is 0.302. The van der Waals surface area contributed by atoms with E-state index >= 15 is 0 Å². The summed E-state index contributed by atoms with van der Waals surface area (Å²) in [5.74, 6) is 0. The average molecular weight is 359 g/mol. The Morgan fingerprint density at radius 1 is 1.30 bits per heavy atom. The van der Waals surface area contributed by atoms with Crippen LogP contribution in [0.4, 0.5) is 5.69 Å². The number of hydrogen-bond acceptors (Lipinski definition) is 3. The number of halogens is 2. The number of aromatic nitrogens is 2. The van der Waals surface area contributed by atoms with Crippen molar-refractivity contribution in [2.24, 2.45) is 14.1 Å². The molecule has 1 aromatic carbocycles. The van der Waals surface area contributed by atoms with Gasteiger partial charge < -0.3 is 9.88 Å². The Labute approximate surface area is 128 Å². The van der Waals surface area contributed by atoms with Crippen LogP contribution in [0.1, 0.15) is 5.56 Å². The molecule has 0 aliphatic carbocycles. The molecule has 0 amide bonds. The largest absolute Gasteiger partial charge is 0.381 e. The van der Waals surface area contributed by atoms with Gasteiger partial charge in [-0.25, -0.2) is 4.79 Å². The third kappa shape index (κ3) is 2.96. The molecule has 1 aromatic heterocycles. The van der Waals surface area contributed by atoms with Gasteiger partial charge >= 0.3 is 5.69 Å². The van der Waals surface area contributed by atoms with Crippen molar-refractivity contribution in [2.45, 2.75) is 6.54 Å². The van der Waals surface area contributed by atoms with Gasteiger partial charge in [-0.3, -0.25) is 9.36 Å². The molecule has 2 rings (SSSR count). The highest BCUT2D eigenvalue weighted by atomic mass is 79.9. The highest BCUT2D eigenvalue weighted by Gasteiger charge is 2.07. The number of nitrogens with zero attached hydrogens (tertiary/aromatic N) is 2. The first kappa shape index (κ1) is 14.9. The SMILES string of the molecule is Cn1cc(CNc2ccc(Br)c(Cl)c2)c(=O)n(C)c1=O. The van der Waals surface area contributed by atoms with Crippen LogP contribution in [0.3, 0.4) is 0 Å². The molecule has 0 bridgehead atoms. The first-order valence-corrected chi connectivity index (χ1v) is 7.01. The molecule has 0 spiro atoms. The highest BCUT2D eigenvalue weighted by molar-refractivity contribution is 9.10. The van der Waals surface area contributed by atoms with Crippen molar-refractivity contribution in [3.05, 3.63) is 60.3 Å². The summed E-state index contributed by atoms with van der Waals surface area (Å²) >= 11 is 9.31. The zero-order valence-corrected chi connectivity index (χ0v) is 13.3. The van der Waals surface area contributed by atoms with Gasteiger partial charge in [0.1, 0.15) is 0 Å². The molecule has 7 heteroatoms. The fourth-order valence-corrected chi connectivity index (χ4v) is 2.23. The van der Waals surface area contributed by atoms with Crippen molar-refractivity contribution < 1.29 is 0 Å². The number of anilines is 1. The maximum Gasteiger partial charge on any atom is 0.330 e. The molecular formula is C13H13BrClN3O2. The Hall–Kier alpha value is -1.53. The molecular weight excluding hydrogens is 346 g/mol. The monoisotopic (exact) mass is 357 g/mol. The lowest BCUT2D eigenvalue weighted by Crippen LogP contribution is -2.38. The van der Waals surface area contributed by atoms with Crippen LogP contribution in [0.25, 0.3) is 0 Å². The van der Waals surface area contributed by atoms with Gasteiger partial charge in [-0.1, -0.05) is 11.6 Å². The molecule has 1 heterocycles. The van der Waals surface area contributed by atoms with Crippen molar-refractivity contribution in [1.82, 2.24) is 9.13 Å². The van der Waals surface area contributed by atoms with E-state index in [1.807, 2.05) is 12.1 Å². The molecule has 0 saturated heterocycles. The van der Waals surface area contributed by atoms with Gasteiger partial charge in [-0.2, -0.15) is 0 Å². The fourth-order valence-electron chi connectivity index (χ4n) is 1.81. The molecule has 0 aliphatic heterocycles. The summed E-state index contributed by atoms with van der Waals surface area (Å²) in [7, 11) is 3.08. The van der Waals surface area contributed by atoms with Crippen LogP contribution >= 0.6 is 27.5 Å². The van der Waals surface area contributed by atoms with Crippen LogP contribution in [0.15, 0.2) is 38.5 Å². The molecule has 0 saturated carbocycles. The highest BCUT2D eigenvalue weighted by Crippen LogP contribution is 2.25. The average Bonchev–Trinajstić information content (AvgIpc) is 2.42. The lowest BCUT2D eigenvalue weighted by Gasteiger charge is -2.09. The Kier molecular flexibility index (Phi) is 4.35. The van der Waals surface area contributed by atoms with Crippen LogP contribution in [-0.2, 0) is 20.6 Å². The maximum atomic E-state index is 12.0. The second-order valence-corrected chi connectivity index (χ2v) is 5.66. The Balaban J connectivity index is 2.25. The van der Waals surface area contributed by atoms with E-state index in [1.54, 1.807) is 13.1 Å². The van der Waals surface area contributed by atoms with Crippen LogP contribution in [-0.4, -0.2) is 9.13 Å². The molecule has 2 aromatic rings. The first-order valence-electron chi connectivity index (χ1n) is 5.84. The summed E-state index contributed by atoms with van der Waals surface area (Å²) in [6.07, 6.45) is 1.54. The second-order valence-electron chi connectivity index (χ2n) is 4.39. The van der Waals surface area contributed by atoms with E-state index in [1.165, 1.54) is 17.8 Å². The minimum Gasteiger partial charge on any atom is -0.381 e. The third-order valence-corrected chi connectivity index (χ3v) is 4.15. The maximum absolute atomic E-state index is 12.0. The van der Waals surface area contributed by atoms with Crippen molar-refractivity contribution in [1.29, 1.82) is 0 Å². The number of aryl methyl sites for hydroxylation is 1. The molecule has 106 valence electrons. The fraction of sp³-hybridized carbons (Fsp3) is 0.231. The Bertz CT molecular complexity index is 767. The molecule has 5 nitrogen and oxygen atoms in total. The normalized spacial score (nSPS) is 10.6. The number of benzene rings is 1. The van der Waals surface area contributed by atoms with Crippen LogP contribution in [0.2, 0.25) is 5.02 Å². The van der Waals surface area contributed by atoms with Gasteiger partial charge in [0.15, 0.2) is 0 Å². The molecule has 1 N–H and O–H groups in total. The van der Waals surface area contributed by atoms with Gasteiger partial charge in [-0.05, 0) is 34.1 Å². The molecule has 20 heavy (non-hydrogen) atoms. The standard InChI is InChI=1S/C13H13BrClN3O2/c1-17-7-8(12(19)18(2)13(17)20)6-16-9-3-4-10(14)11(15)5-9/h3-5,7,16H,6H2,1-2H3. The van der Waals surface area contributed by atoms with Gasteiger partial charge in [0, 0.05) is 37.0 Å². The zero-order chi connectivity index (χ0) is 14.9. The van der Waals surface area contributed by atoms with E-state index in [0.29, 0.717) is 17.1 Å². The summed E-state index contributed by atoms with van der Waals surface area (Å²) < 4.78 is 3.28. The number of hydrogen-bond donors (Lipinski definition) is 1. The smallest absolute Gasteiger partial charge is 0.330 e. The zero-order valence-electron chi connectivity index (χ0n) is 11.0. The van der Waals surface area contributed by atoms with Gasteiger partial charge in [0.05, 0.1) is 10.6 Å². The molecule has 0 aliphatic rings. The lowest BCUT2D eigenvalue weighted by molar-refractivity contribution is 0.671. The third-order valence-electron chi connectivity index (χ3n) is 2.92. The topological polar surface area (TPSA) is 56.0 Å². The molecule has 0 fully saturated rings. The number of rotatable bonds is 3. The van der Waals surface area contributed by atoms with Crippen molar-refractivity contribution in [2.75, 3.05) is 5.32 Å². The summed E-state index contributed by atoms with van der Waals surface area (Å²) in [6, 6.07) is 5.43. The van der Waals surface area contributed by atoms with Gasteiger partial charge in [0.2, 0.25) is 0 Å². The van der Waals surface area contributed by atoms with Crippen molar-refractivity contribution in [3.8, 4) is 0 Å². The summed E-state index contributed by atoms with van der Waals surface area (Å²) in [5, 5.41) is 3.70. The van der Waals surface area contributed by atoms with Crippen LogP contribution in [0, 0.1) is 0 Å². The summed E-state index contributed by atoms with van der Waals surface area (Å²) in [5.41, 5.74) is 0.664. The van der Waals surface area contributed by atoms with E-state index in [9.17, 15) is 9.59 Å². The minimum atomic E-state index is -0.342. The van der Waals surface area contributed by atoms with Crippen molar-refractivity contribution in [3.63, 3.8) is 0 Å².